The van der Waals surface area contributed by atoms with Gasteiger partial charge in [-0.1, -0.05) is 0 Å². The van der Waals surface area contributed by atoms with Crippen LogP contribution in [0.5, 0.6) is 0 Å². The Bertz CT molecular complexity index is 250. The Kier molecular flexibility index (Phi) is 2.33. The summed E-state index contributed by atoms with van der Waals surface area (Å²) >= 11 is 0. The van der Waals surface area contributed by atoms with Gasteiger partial charge in [-0.05, 0) is 24.8 Å². The van der Waals surface area contributed by atoms with Gasteiger partial charge >= 0.3 is 0 Å². The van der Waals surface area contributed by atoms with E-state index in [-0.39, 0.29) is 12.1 Å². The average Bonchev–Trinajstić information content (AvgIpc) is 2.64. The largest absolute Gasteiger partial charge is 0.392 e. The van der Waals surface area contributed by atoms with E-state index in [1.165, 1.54) is 0 Å². The zero-order chi connectivity index (χ0) is 9.26. The summed E-state index contributed by atoms with van der Waals surface area (Å²) in [7, 11) is 0. The maximum atomic E-state index is 9.44. The van der Waals surface area contributed by atoms with Crippen LogP contribution in [0.4, 0.5) is 0 Å². The molecule has 3 atom stereocenters. The molecule has 4 nitrogen and oxygen atoms in total. The molecule has 2 rings (SSSR count). The van der Waals surface area contributed by atoms with Gasteiger partial charge in [-0.3, -0.25) is 4.68 Å². The Hall–Kier alpha value is -0.870. The molecule has 0 radical (unpaired) electrons. The Morgan fingerprint density at radius 2 is 2.38 bits per heavy atom. The molecule has 0 bridgehead atoms. The van der Waals surface area contributed by atoms with E-state index in [1.54, 1.807) is 6.20 Å². The van der Waals surface area contributed by atoms with Crippen molar-refractivity contribution in [2.24, 2.45) is 11.7 Å². The van der Waals surface area contributed by atoms with Gasteiger partial charge in [-0.25, -0.2) is 0 Å². The molecular formula is C9H15N3O. The lowest BCUT2D eigenvalue weighted by atomic mass is 10.1. The standard InChI is InChI=1S/C9H15N3O/c10-8-4-7(5-9(8)13)6-12-3-1-2-11-12/h1-3,7-9,13H,4-6,10H2/t7?,8-,9-/m1/s1. The summed E-state index contributed by atoms with van der Waals surface area (Å²) in [6.45, 7) is 0.873. The van der Waals surface area contributed by atoms with Gasteiger partial charge in [0.2, 0.25) is 0 Å². The summed E-state index contributed by atoms with van der Waals surface area (Å²) in [5, 5.41) is 13.6. The van der Waals surface area contributed by atoms with Gasteiger partial charge < -0.3 is 10.8 Å². The van der Waals surface area contributed by atoms with E-state index in [2.05, 4.69) is 5.10 Å². The first-order valence-electron chi connectivity index (χ1n) is 4.67. The number of nitrogens with two attached hydrogens (primary N) is 1. The third-order valence-electron chi connectivity index (χ3n) is 2.68. The highest BCUT2D eigenvalue weighted by Gasteiger charge is 2.30. The minimum Gasteiger partial charge on any atom is -0.392 e. The molecular weight excluding hydrogens is 166 g/mol. The van der Waals surface area contributed by atoms with E-state index in [1.807, 2.05) is 16.9 Å². The molecule has 1 saturated carbocycles. The maximum absolute atomic E-state index is 9.44. The normalized spacial score (nSPS) is 33.8. The topological polar surface area (TPSA) is 64.1 Å². The van der Waals surface area contributed by atoms with Gasteiger partial charge in [0.25, 0.3) is 0 Å². The second-order valence-corrected chi connectivity index (χ2v) is 3.80. The molecule has 13 heavy (non-hydrogen) atoms. The monoisotopic (exact) mass is 181 g/mol. The summed E-state index contributed by atoms with van der Waals surface area (Å²) in [6, 6.07) is 1.87. The molecule has 72 valence electrons. The van der Waals surface area contributed by atoms with Crippen LogP contribution in [0.2, 0.25) is 0 Å². The first-order valence-corrected chi connectivity index (χ1v) is 4.67. The van der Waals surface area contributed by atoms with E-state index in [4.69, 9.17) is 5.73 Å². The third-order valence-corrected chi connectivity index (χ3v) is 2.68. The van der Waals surface area contributed by atoms with Crippen LogP contribution in [-0.2, 0) is 6.54 Å². The van der Waals surface area contributed by atoms with Crippen LogP contribution in [-0.4, -0.2) is 27.0 Å². The van der Waals surface area contributed by atoms with Gasteiger partial charge in [0.15, 0.2) is 0 Å². The first kappa shape index (κ1) is 8.72. The molecule has 1 aliphatic carbocycles. The van der Waals surface area contributed by atoms with Crippen LogP contribution in [0.3, 0.4) is 0 Å². The van der Waals surface area contributed by atoms with Crippen LogP contribution in [0, 0.1) is 5.92 Å². The lowest BCUT2D eigenvalue weighted by Gasteiger charge is -2.08. The second kappa shape index (κ2) is 3.47. The molecule has 1 unspecified atom stereocenters. The van der Waals surface area contributed by atoms with Gasteiger partial charge in [-0.2, -0.15) is 5.10 Å². The van der Waals surface area contributed by atoms with Gasteiger partial charge in [-0.15, -0.1) is 0 Å². The molecule has 1 heterocycles. The van der Waals surface area contributed by atoms with Crippen LogP contribution in [0.1, 0.15) is 12.8 Å². The Morgan fingerprint density at radius 3 is 2.92 bits per heavy atom. The molecule has 3 N–H and O–H groups in total. The SMILES string of the molecule is N[C@@H]1CC(Cn2cccn2)C[C@H]1O. The number of hydrogen-bond donors (Lipinski definition) is 2. The minimum atomic E-state index is -0.319. The van der Waals surface area contributed by atoms with E-state index in [9.17, 15) is 5.11 Å². The average molecular weight is 181 g/mol. The Labute approximate surface area is 77.4 Å². The second-order valence-electron chi connectivity index (χ2n) is 3.80. The van der Waals surface area contributed by atoms with Crippen molar-refractivity contribution >= 4 is 0 Å². The third kappa shape index (κ3) is 1.89. The van der Waals surface area contributed by atoms with Gasteiger partial charge in [0.05, 0.1) is 6.10 Å². The molecule has 0 aromatic carbocycles. The molecule has 1 aromatic heterocycles. The number of aromatic nitrogens is 2. The minimum absolute atomic E-state index is 0.0411. The molecule has 0 amide bonds. The molecule has 1 fully saturated rings. The first-order chi connectivity index (χ1) is 6.25. The zero-order valence-corrected chi connectivity index (χ0v) is 7.50. The molecule has 0 saturated heterocycles. The number of hydrogen-bond acceptors (Lipinski definition) is 3. The molecule has 4 heteroatoms. The van der Waals surface area contributed by atoms with E-state index < -0.39 is 0 Å². The molecule has 0 aliphatic heterocycles. The van der Waals surface area contributed by atoms with Crippen molar-refractivity contribution in [1.82, 2.24) is 9.78 Å². The van der Waals surface area contributed by atoms with E-state index >= 15 is 0 Å². The lowest BCUT2D eigenvalue weighted by Crippen LogP contribution is -2.28. The summed E-state index contributed by atoms with van der Waals surface area (Å²) in [5.74, 6) is 0.477. The fourth-order valence-electron chi connectivity index (χ4n) is 1.98. The van der Waals surface area contributed by atoms with Crippen molar-refractivity contribution in [2.45, 2.75) is 31.5 Å². The van der Waals surface area contributed by atoms with Gasteiger partial charge in [0.1, 0.15) is 0 Å². The van der Waals surface area contributed by atoms with Crippen molar-refractivity contribution in [3.05, 3.63) is 18.5 Å². The van der Waals surface area contributed by atoms with Crippen molar-refractivity contribution in [3.8, 4) is 0 Å². The van der Waals surface area contributed by atoms with Crippen molar-refractivity contribution in [2.75, 3.05) is 0 Å². The van der Waals surface area contributed by atoms with Crippen LogP contribution in [0.25, 0.3) is 0 Å². The molecule has 1 aromatic rings. The highest BCUT2D eigenvalue weighted by atomic mass is 16.3. The fraction of sp³-hybridized carbons (Fsp3) is 0.667. The summed E-state index contributed by atoms with van der Waals surface area (Å²) < 4.78 is 1.90. The molecule has 0 spiro atoms. The zero-order valence-electron chi connectivity index (χ0n) is 7.50. The summed E-state index contributed by atoms with van der Waals surface area (Å²) in [5.41, 5.74) is 5.72. The number of rotatable bonds is 2. The quantitative estimate of drug-likeness (QED) is 0.674. The van der Waals surface area contributed by atoms with E-state index in [0.717, 1.165) is 19.4 Å². The Balaban J connectivity index is 1.91. The lowest BCUT2D eigenvalue weighted by molar-refractivity contribution is 0.160. The number of aliphatic hydroxyl groups is 1. The number of aliphatic hydroxyl groups excluding tert-OH is 1. The smallest absolute Gasteiger partial charge is 0.0694 e. The fourth-order valence-corrected chi connectivity index (χ4v) is 1.98. The van der Waals surface area contributed by atoms with Crippen molar-refractivity contribution in [1.29, 1.82) is 0 Å². The van der Waals surface area contributed by atoms with E-state index in [0.29, 0.717) is 5.92 Å². The number of nitrogens with zero attached hydrogens (tertiary/aromatic N) is 2. The van der Waals surface area contributed by atoms with Crippen molar-refractivity contribution in [3.63, 3.8) is 0 Å². The Morgan fingerprint density at radius 1 is 1.54 bits per heavy atom. The highest BCUT2D eigenvalue weighted by molar-refractivity contribution is 4.87. The predicted molar refractivity (Wildman–Crippen MR) is 48.9 cm³/mol. The maximum Gasteiger partial charge on any atom is 0.0694 e. The summed E-state index contributed by atoms with van der Waals surface area (Å²) in [6.07, 6.45) is 5.10. The van der Waals surface area contributed by atoms with Crippen LogP contribution < -0.4 is 5.73 Å². The summed E-state index contributed by atoms with van der Waals surface area (Å²) in [4.78, 5) is 0. The van der Waals surface area contributed by atoms with Crippen molar-refractivity contribution < 1.29 is 5.11 Å². The van der Waals surface area contributed by atoms with Gasteiger partial charge in [0, 0.05) is 25.0 Å². The van der Waals surface area contributed by atoms with Crippen LogP contribution >= 0.6 is 0 Å². The molecule has 1 aliphatic rings. The predicted octanol–water partition coefficient (Wildman–Crippen LogP) is -0.0187. The highest BCUT2D eigenvalue weighted by Crippen LogP contribution is 2.25. The van der Waals surface area contributed by atoms with Crippen LogP contribution in [0.15, 0.2) is 18.5 Å².